The lowest BCUT2D eigenvalue weighted by Crippen LogP contribution is -2.45. The molecule has 174 valence electrons. The molecule has 0 spiro atoms. The quantitative estimate of drug-likeness (QED) is 0.616. The first-order chi connectivity index (χ1) is 15.3. The van der Waals surface area contributed by atoms with Crippen LogP contribution in [0.15, 0.2) is 53.4 Å². The SMILES string of the molecule is COc1ccc(OC[C@@H](C)NC(=O)C2CCN(S(=O)(=O)c3ccc(OC)cc3)CC2)cc1. The van der Waals surface area contributed by atoms with Gasteiger partial charge in [-0.1, -0.05) is 0 Å². The second-order valence-electron chi connectivity index (χ2n) is 7.75. The van der Waals surface area contributed by atoms with E-state index < -0.39 is 10.0 Å². The standard InChI is InChI=1S/C23H30N2O6S/c1-17(16-31-21-6-4-19(29-2)5-7-21)24-23(26)18-12-14-25(15-13-18)32(27,28)22-10-8-20(30-3)9-11-22/h4-11,17-18H,12-16H2,1-3H3,(H,24,26)/t17-/m1/s1. The zero-order valence-corrected chi connectivity index (χ0v) is 19.4. The van der Waals surface area contributed by atoms with Gasteiger partial charge in [-0.05, 0) is 68.3 Å². The average Bonchev–Trinajstić information content (AvgIpc) is 2.83. The van der Waals surface area contributed by atoms with Crippen LogP contribution in [0.3, 0.4) is 0 Å². The van der Waals surface area contributed by atoms with E-state index in [9.17, 15) is 13.2 Å². The number of piperidine rings is 1. The summed E-state index contributed by atoms with van der Waals surface area (Å²) >= 11 is 0. The van der Waals surface area contributed by atoms with Crippen LogP contribution in [-0.2, 0) is 14.8 Å². The number of nitrogens with one attached hydrogen (secondary N) is 1. The number of rotatable bonds is 9. The molecule has 1 N–H and O–H groups in total. The van der Waals surface area contributed by atoms with E-state index in [0.717, 1.165) is 5.75 Å². The van der Waals surface area contributed by atoms with E-state index >= 15 is 0 Å². The highest BCUT2D eigenvalue weighted by atomic mass is 32.2. The van der Waals surface area contributed by atoms with Gasteiger partial charge in [-0.25, -0.2) is 8.42 Å². The Morgan fingerprint density at radius 3 is 2.00 bits per heavy atom. The van der Waals surface area contributed by atoms with E-state index in [4.69, 9.17) is 14.2 Å². The lowest BCUT2D eigenvalue weighted by Gasteiger charge is -2.31. The minimum Gasteiger partial charge on any atom is -0.497 e. The van der Waals surface area contributed by atoms with Crippen molar-refractivity contribution in [3.8, 4) is 17.2 Å². The number of ether oxygens (including phenoxy) is 3. The van der Waals surface area contributed by atoms with Crippen LogP contribution in [0.5, 0.6) is 17.2 Å². The van der Waals surface area contributed by atoms with Crippen molar-refractivity contribution in [2.24, 2.45) is 5.92 Å². The fourth-order valence-corrected chi connectivity index (χ4v) is 5.02. The van der Waals surface area contributed by atoms with Crippen LogP contribution < -0.4 is 19.5 Å². The van der Waals surface area contributed by atoms with Crippen molar-refractivity contribution in [2.75, 3.05) is 33.9 Å². The normalized spacial score (nSPS) is 16.2. The molecule has 0 saturated carbocycles. The summed E-state index contributed by atoms with van der Waals surface area (Å²) in [5.74, 6) is 1.76. The zero-order chi connectivity index (χ0) is 23.1. The number of nitrogens with zero attached hydrogens (tertiary/aromatic N) is 1. The summed E-state index contributed by atoms with van der Waals surface area (Å²) in [5.41, 5.74) is 0. The maximum Gasteiger partial charge on any atom is 0.243 e. The van der Waals surface area contributed by atoms with Crippen molar-refractivity contribution in [3.05, 3.63) is 48.5 Å². The Morgan fingerprint density at radius 2 is 1.47 bits per heavy atom. The van der Waals surface area contributed by atoms with E-state index in [0.29, 0.717) is 44.0 Å². The van der Waals surface area contributed by atoms with Crippen molar-refractivity contribution < 1.29 is 27.4 Å². The fourth-order valence-electron chi connectivity index (χ4n) is 3.55. The van der Waals surface area contributed by atoms with Crippen LogP contribution in [0.2, 0.25) is 0 Å². The van der Waals surface area contributed by atoms with Gasteiger partial charge >= 0.3 is 0 Å². The van der Waals surface area contributed by atoms with Crippen LogP contribution in [0.4, 0.5) is 0 Å². The van der Waals surface area contributed by atoms with Crippen LogP contribution in [0.1, 0.15) is 19.8 Å². The first-order valence-electron chi connectivity index (χ1n) is 10.5. The van der Waals surface area contributed by atoms with Gasteiger partial charge in [-0.3, -0.25) is 4.79 Å². The number of amides is 1. The molecular weight excluding hydrogens is 432 g/mol. The molecule has 2 aromatic carbocycles. The Bertz CT molecular complexity index is 984. The van der Waals surface area contributed by atoms with Gasteiger partial charge in [0.15, 0.2) is 0 Å². The summed E-state index contributed by atoms with van der Waals surface area (Å²) in [5, 5.41) is 2.97. The zero-order valence-electron chi connectivity index (χ0n) is 18.6. The lowest BCUT2D eigenvalue weighted by atomic mass is 9.97. The Balaban J connectivity index is 1.46. The molecule has 1 atom stereocenters. The smallest absolute Gasteiger partial charge is 0.243 e. The molecule has 1 heterocycles. The number of carbonyl (C=O) groups excluding carboxylic acids is 1. The Morgan fingerprint density at radius 1 is 0.969 bits per heavy atom. The monoisotopic (exact) mass is 462 g/mol. The van der Waals surface area contributed by atoms with Crippen LogP contribution in [0, 0.1) is 5.92 Å². The summed E-state index contributed by atoms with van der Waals surface area (Å²) in [6.07, 6.45) is 0.959. The minimum atomic E-state index is -3.59. The largest absolute Gasteiger partial charge is 0.497 e. The summed E-state index contributed by atoms with van der Waals surface area (Å²) < 4.78 is 43.1. The van der Waals surface area contributed by atoms with Crippen molar-refractivity contribution in [1.29, 1.82) is 0 Å². The second kappa shape index (κ2) is 10.7. The van der Waals surface area contributed by atoms with Crippen LogP contribution >= 0.6 is 0 Å². The topological polar surface area (TPSA) is 94.2 Å². The summed E-state index contributed by atoms with van der Waals surface area (Å²) in [7, 11) is -0.450. The highest BCUT2D eigenvalue weighted by Gasteiger charge is 2.32. The van der Waals surface area contributed by atoms with Gasteiger partial charge in [0.25, 0.3) is 0 Å². The third-order valence-electron chi connectivity index (χ3n) is 5.47. The predicted octanol–water partition coefficient (Wildman–Crippen LogP) is 2.69. The van der Waals surface area contributed by atoms with Gasteiger partial charge in [0, 0.05) is 19.0 Å². The molecule has 0 radical (unpaired) electrons. The van der Waals surface area contributed by atoms with Gasteiger partial charge in [0.2, 0.25) is 15.9 Å². The molecule has 3 rings (SSSR count). The molecule has 1 aliphatic heterocycles. The number of hydrogen-bond acceptors (Lipinski definition) is 6. The van der Waals surface area contributed by atoms with E-state index in [2.05, 4.69) is 5.32 Å². The highest BCUT2D eigenvalue weighted by Crippen LogP contribution is 2.25. The van der Waals surface area contributed by atoms with Crippen LogP contribution in [-0.4, -0.2) is 58.6 Å². The molecule has 0 aliphatic carbocycles. The molecule has 1 saturated heterocycles. The van der Waals surface area contributed by atoms with E-state index in [1.165, 1.54) is 23.5 Å². The molecule has 0 aromatic heterocycles. The van der Waals surface area contributed by atoms with Gasteiger partial charge in [-0.2, -0.15) is 4.31 Å². The molecule has 32 heavy (non-hydrogen) atoms. The van der Waals surface area contributed by atoms with Crippen molar-refractivity contribution in [2.45, 2.75) is 30.7 Å². The van der Waals surface area contributed by atoms with E-state index in [1.807, 2.05) is 31.2 Å². The lowest BCUT2D eigenvalue weighted by molar-refractivity contribution is -0.126. The third kappa shape index (κ3) is 5.92. The molecule has 0 bridgehead atoms. The molecule has 1 amide bonds. The summed E-state index contributed by atoms with van der Waals surface area (Å²) in [6.45, 7) is 2.83. The number of benzene rings is 2. The molecule has 0 unspecified atom stereocenters. The van der Waals surface area contributed by atoms with Gasteiger partial charge in [0.05, 0.1) is 25.2 Å². The first kappa shape index (κ1) is 23.9. The van der Waals surface area contributed by atoms with E-state index in [-0.39, 0.29) is 22.8 Å². The van der Waals surface area contributed by atoms with Crippen molar-refractivity contribution in [3.63, 3.8) is 0 Å². The minimum absolute atomic E-state index is 0.0719. The Kier molecular flexibility index (Phi) is 7.98. The van der Waals surface area contributed by atoms with Crippen molar-refractivity contribution >= 4 is 15.9 Å². The molecule has 9 heteroatoms. The summed E-state index contributed by atoms with van der Waals surface area (Å²) in [4.78, 5) is 12.9. The van der Waals surface area contributed by atoms with Gasteiger partial charge < -0.3 is 19.5 Å². The third-order valence-corrected chi connectivity index (χ3v) is 7.38. The average molecular weight is 463 g/mol. The Hall–Kier alpha value is -2.78. The maximum atomic E-state index is 12.9. The molecular formula is C23H30N2O6S. The van der Waals surface area contributed by atoms with Gasteiger partial charge in [-0.15, -0.1) is 0 Å². The highest BCUT2D eigenvalue weighted by molar-refractivity contribution is 7.89. The van der Waals surface area contributed by atoms with Crippen molar-refractivity contribution in [1.82, 2.24) is 9.62 Å². The predicted molar refractivity (Wildman–Crippen MR) is 121 cm³/mol. The number of sulfonamides is 1. The number of hydrogen-bond donors (Lipinski definition) is 1. The Labute approximate surface area is 189 Å². The number of methoxy groups -OCH3 is 2. The van der Waals surface area contributed by atoms with E-state index in [1.54, 1.807) is 19.2 Å². The molecule has 1 fully saturated rings. The molecule has 8 nitrogen and oxygen atoms in total. The van der Waals surface area contributed by atoms with Gasteiger partial charge in [0.1, 0.15) is 23.9 Å². The maximum absolute atomic E-state index is 12.9. The first-order valence-corrected chi connectivity index (χ1v) is 12.0. The number of carbonyl (C=O) groups is 1. The molecule has 1 aliphatic rings. The second-order valence-corrected chi connectivity index (χ2v) is 9.69. The summed E-state index contributed by atoms with van der Waals surface area (Å²) in [6, 6.07) is 13.4. The van der Waals surface area contributed by atoms with Crippen LogP contribution in [0.25, 0.3) is 0 Å². The molecule has 2 aromatic rings. The fraction of sp³-hybridized carbons (Fsp3) is 0.435.